The van der Waals surface area contributed by atoms with Crippen molar-refractivity contribution in [2.75, 3.05) is 11.9 Å². The second-order valence-corrected chi connectivity index (χ2v) is 8.36. The summed E-state index contributed by atoms with van der Waals surface area (Å²) < 4.78 is 5.30. The molecule has 2 N–H and O–H groups in total. The molecule has 0 radical (unpaired) electrons. The van der Waals surface area contributed by atoms with Gasteiger partial charge in [-0.1, -0.05) is 60.1 Å². The van der Waals surface area contributed by atoms with Gasteiger partial charge in [-0.05, 0) is 60.4 Å². The zero-order valence-electron chi connectivity index (χ0n) is 18.3. The van der Waals surface area contributed by atoms with Crippen molar-refractivity contribution < 1.29 is 19.1 Å². The molecule has 1 aliphatic carbocycles. The van der Waals surface area contributed by atoms with Gasteiger partial charge in [-0.2, -0.15) is 0 Å². The van der Waals surface area contributed by atoms with Crippen molar-refractivity contribution in [2.24, 2.45) is 0 Å². The SMILES string of the molecule is O=C(COC(=O)/C(=C/c1ccccc1)c1ccc(Cl)cc1)Nc1cccc(C(=O)NC2CC2)c1. The van der Waals surface area contributed by atoms with E-state index in [1.165, 1.54) is 0 Å². The van der Waals surface area contributed by atoms with Gasteiger partial charge in [0.25, 0.3) is 11.8 Å². The molecule has 0 saturated heterocycles. The number of rotatable bonds is 8. The van der Waals surface area contributed by atoms with Crippen LogP contribution in [0.15, 0.2) is 78.9 Å². The first-order valence-corrected chi connectivity index (χ1v) is 11.3. The third-order valence-electron chi connectivity index (χ3n) is 5.14. The van der Waals surface area contributed by atoms with Crippen LogP contribution in [0.2, 0.25) is 5.02 Å². The summed E-state index contributed by atoms with van der Waals surface area (Å²) in [5, 5.41) is 6.12. The molecule has 0 atom stereocenters. The highest BCUT2D eigenvalue weighted by molar-refractivity contribution is 6.30. The lowest BCUT2D eigenvalue weighted by Crippen LogP contribution is -2.25. The van der Waals surface area contributed by atoms with Crippen LogP contribution in [0.4, 0.5) is 5.69 Å². The maximum Gasteiger partial charge on any atom is 0.339 e. The average Bonchev–Trinajstić information content (AvgIpc) is 3.66. The van der Waals surface area contributed by atoms with E-state index in [1.807, 2.05) is 30.3 Å². The second-order valence-electron chi connectivity index (χ2n) is 7.93. The van der Waals surface area contributed by atoms with Gasteiger partial charge in [-0.25, -0.2) is 4.79 Å². The summed E-state index contributed by atoms with van der Waals surface area (Å²) in [5.41, 5.74) is 2.64. The summed E-state index contributed by atoms with van der Waals surface area (Å²) >= 11 is 5.98. The maximum atomic E-state index is 12.9. The number of anilines is 1. The topological polar surface area (TPSA) is 84.5 Å². The quantitative estimate of drug-likeness (QED) is 0.275. The summed E-state index contributed by atoms with van der Waals surface area (Å²) in [7, 11) is 0. The predicted molar refractivity (Wildman–Crippen MR) is 132 cm³/mol. The van der Waals surface area contributed by atoms with Crippen LogP contribution in [0, 0.1) is 0 Å². The summed E-state index contributed by atoms with van der Waals surface area (Å²) in [6.45, 7) is -0.475. The van der Waals surface area contributed by atoms with Gasteiger partial charge in [0.05, 0.1) is 5.57 Å². The fourth-order valence-corrected chi connectivity index (χ4v) is 3.37. The maximum absolute atomic E-state index is 12.9. The molecule has 34 heavy (non-hydrogen) atoms. The van der Waals surface area contributed by atoms with Gasteiger partial charge in [0.1, 0.15) is 0 Å². The fourth-order valence-electron chi connectivity index (χ4n) is 3.25. The summed E-state index contributed by atoms with van der Waals surface area (Å²) in [5.74, 6) is -1.33. The lowest BCUT2D eigenvalue weighted by atomic mass is 10.0. The van der Waals surface area contributed by atoms with Crippen LogP contribution < -0.4 is 10.6 Å². The lowest BCUT2D eigenvalue weighted by Gasteiger charge is -2.11. The first-order valence-electron chi connectivity index (χ1n) is 10.9. The Kier molecular flexibility index (Phi) is 7.40. The van der Waals surface area contributed by atoms with Gasteiger partial charge in [-0.15, -0.1) is 0 Å². The van der Waals surface area contributed by atoms with E-state index >= 15 is 0 Å². The highest BCUT2D eigenvalue weighted by Gasteiger charge is 2.24. The van der Waals surface area contributed by atoms with E-state index < -0.39 is 18.5 Å². The van der Waals surface area contributed by atoms with Gasteiger partial charge >= 0.3 is 5.97 Å². The van der Waals surface area contributed by atoms with E-state index in [0.29, 0.717) is 27.4 Å². The second kappa shape index (κ2) is 10.8. The number of hydrogen-bond acceptors (Lipinski definition) is 4. The Labute approximate surface area is 202 Å². The molecule has 3 aromatic carbocycles. The predicted octanol–water partition coefficient (Wildman–Crippen LogP) is 4.95. The van der Waals surface area contributed by atoms with E-state index in [9.17, 15) is 14.4 Å². The van der Waals surface area contributed by atoms with Crippen LogP contribution in [0.25, 0.3) is 11.6 Å². The molecule has 7 heteroatoms. The number of carbonyl (C=O) groups excluding carboxylic acids is 3. The van der Waals surface area contributed by atoms with Gasteiger partial charge in [-0.3, -0.25) is 9.59 Å². The Morgan fingerprint density at radius 2 is 1.65 bits per heavy atom. The number of hydrogen-bond donors (Lipinski definition) is 2. The molecule has 172 valence electrons. The molecule has 0 unspecified atom stereocenters. The highest BCUT2D eigenvalue weighted by Crippen LogP contribution is 2.22. The first-order chi connectivity index (χ1) is 16.5. The van der Waals surface area contributed by atoms with Crippen LogP contribution >= 0.6 is 11.6 Å². The molecule has 6 nitrogen and oxygen atoms in total. The molecule has 1 aliphatic rings. The molecule has 4 rings (SSSR count). The Morgan fingerprint density at radius 1 is 0.912 bits per heavy atom. The molecular weight excluding hydrogens is 452 g/mol. The third kappa shape index (κ3) is 6.56. The van der Waals surface area contributed by atoms with Crippen molar-refractivity contribution >= 4 is 46.7 Å². The largest absolute Gasteiger partial charge is 0.452 e. The molecule has 0 aromatic heterocycles. The molecule has 1 fully saturated rings. The molecule has 0 aliphatic heterocycles. The van der Waals surface area contributed by atoms with Gasteiger partial charge < -0.3 is 15.4 Å². The van der Waals surface area contributed by atoms with Crippen molar-refractivity contribution in [1.29, 1.82) is 0 Å². The Bertz CT molecular complexity index is 1220. The standard InChI is InChI=1S/C27H23ClN2O4/c28-21-11-9-19(10-12-21)24(15-18-5-2-1-3-6-18)27(33)34-17-25(31)29-23-8-4-7-20(16-23)26(32)30-22-13-14-22/h1-12,15-16,22H,13-14,17H2,(H,29,31)(H,30,32)/b24-15+. The van der Waals surface area contributed by atoms with Gasteiger partial charge in [0, 0.05) is 22.3 Å². The van der Waals surface area contributed by atoms with Crippen molar-refractivity contribution in [2.45, 2.75) is 18.9 Å². The van der Waals surface area contributed by atoms with Crippen molar-refractivity contribution in [3.63, 3.8) is 0 Å². The molecule has 2 amide bonds. The average molecular weight is 475 g/mol. The highest BCUT2D eigenvalue weighted by atomic mass is 35.5. The van der Waals surface area contributed by atoms with Gasteiger partial charge in [0.15, 0.2) is 6.61 Å². The number of benzene rings is 3. The Hall–Kier alpha value is -3.90. The summed E-state index contributed by atoms with van der Waals surface area (Å²) in [4.78, 5) is 37.5. The normalized spacial score (nSPS) is 13.1. The molecular formula is C27H23ClN2O4. The van der Waals surface area contributed by atoms with Crippen LogP contribution in [0.3, 0.4) is 0 Å². The number of nitrogens with one attached hydrogen (secondary N) is 2. The number of amides is 2. The smallest absolute Gasteiger partial charge is 0.339 e. The minimum atomic E-state index is -0.640. The zero-order valence-corrected chi connectivity index (χ0v) is 19.0. The van der Waals surface area contributed by atoms with Gasteiger partial charge in [0.2, 0.25) is 0 Å². The molecule has 3 aromatic rings. The number of ether oxygens (including phenoxy) is 1. The van der Waals surface area contributed by atoms with E-state index in [2.05, 4.69) is 10.6 Å². The fraction of sp³-hybridized carbons (Fsp3) is 0.148. The molecule has 0 heterocycles. The number of esters is 1. The van der Waals surface area contributed by atoms with Crippen molar-refractivity contribution in [1.82, 2.24) is 5.32 Å². The number of halogens is 1. The lowest BCUT2D eigenvalue weighted by molar-refractivity contribution is -0.141. The summed E-state index contributed by atoms with van der Waals surface area (Å²) in [6, 6.07) is 23.0. The Morgan fingerprint density at radius 3 is 2.35 bits per heavy atom. The Balaban J connectivity index is 1.41. The van der Waals surface area contributed by atoms with E-state index in [-0.39, 0.29) is 11.9 Å². The third-order valence-corrected chi connectivity index (χ3v) is 5.39. The monoisotopic (exact) mass is 474 g/mol. The van der Waals surface area contributed by atoms with Crippen LogP contribution in [0.1, 0.15) is 34.3 Å². The van der Waals surface area contributed by atoms with Crippen LogP contribution in [0.5, 0.6) is 0 Å². The summed E-state index contributed by atoms with van der Waals surface area (Å²) in [6.07, 6.45) is 3.68. The number of carbonyl (C=O) groups is 3. The van der Waals surface area contributed by atoms with Crippen molar-refractivity contribution in [3.8, 4) is 0 Å². The molecule has 0 spiro atoms. The van der Waals surface area contributed by atoms with E-state index in [1.54, 1.807) is 54.6 Å². The van der Waals surface area contributed by atoms with Crippen LogP contribution in [-0.2, 0) is 14.3 Å². The molecule has 1 saturated carbocycles. The van der Waals surface area contributed by atoms with E-state index in [4.69, 9.17) is 16.3 Å². The first kappa shape index (κ1) is 23.3. The molecule has 0 bridgehead atoms. The van der Waals surface area contributed by atoms with E-state index in [0.717, 1.165) is 18.4 Å². The van der Waals surface area contributed by atoms with Crippen LogP contribution in [-0.4, -0.2) is 30.4 Å². The van der Waals surface area contributed by atoms with Crippen molar-refractivity contribution in [3.05, 3.63) is 101 Å². The zero-order chi connectivity index (χ0) is 23.9. The minimum absolute atomic E-state index is 0.177. The minimum Gasteiger partial charge on any atom is -0.452 e.